The molecule has 1 saturated heterocycles. The van der Waals surface area contributed by atoms with Gasteiger partial charge in [0.1, 0.15) is 0 Å². The monoisotopic (exact) mass is 523 g/mol. The molecule has 3 rings (SSSR count). The number of aryl methyl sites for hydroxylation is 2. The first-order chi connectivity index (χ1) is 16.7. The third kappa shape index (κ3) is 10.5. The Morgan fingerprint density at radius 1 is 1.11 bits per heavy atom. The van der Waals surface area contributed by atoms with E-state index in [2.05, 4.69) is 17.9 Å². The number of esters is 1. The standard InChI is InChI=1S/C21H33NO4.C7H6Cl2/c1-4-25-21(24)11-10-19-16(2)8-7-9-20(19)17(3)26-15-18(23)14-22-12-5-6-13-22;1-5-2-3-6(8)7(9)4-5/h7-9,17-18,23H,4-6,10-15H2,1-3H3;2-4H,1H3. The summed E-state index contributed by atoms with van der Waals surface area (Å²) in [5.74, 6) is -0.170. The van der Waals surface area contributed by atoms with Crippen molar-refractivity contribution in [1.82, 2.24) is 4.90 Å². The number of likely N-dealkylation sites (tertiary alicyclic amines) is 1. The summed E-state index contributed by atoms with van der Waals surface area (Å²) >= 11 is 11.3. The van der Waals surface area contributed by atoms with Gasteiger partial charge in [0.05, 0.1) is 35.5 Å². The third-order valence-electron chi connectivity index (χ3n) is 6.05. The average Bonchev–Trinajstić information content (AvgIpc) is 3.33. The molecule has 1 N–H and O–H groups in total. The molecule has 194 valence electrons. The van der Waals surface area contributed by atoms with Gasteiger partial charge in [-0.25, -0.2) is 0 Å². The maximum absolute atomic E-state index is 11.7. The topological polar surface area (TPSA) is 59.0 Å². The highest BCUT2D eigenvalue weighted by atomic mass is 35.5. The minimum absolute atomic E-state index is 0.125. The fourth-order valence-electron chi connectivity index (χ4n) is 4.17. The van der Waals surface area contributed by atoms with Crippen LogP contribution in [0.2, 0.25) is 10.0 Å². The minimum Gasteiger partial charge on any atom is -0.466 e. The largest absolute Gasteiger partial charge is 0.466 e. The zero-order valence-electron chi connectivity index (χ0n) is 21.4. The van der Waals surface area contributed by atoms with Crippen LogP contribution in [0, 0.1) is 13.8 Å². The van der Waals surface area contributed by atoms with Crippen molar-refractivity contribution in [1.29, 1.82) is 0 Å². The number of rotatable bonds is 10. The van der Waals surface area contributed by atoms with Gasteiger partial charge in [0.15, 0.2) is 0 Å². The predicted molar refractivity (Wildman–Crippen MR) is 143 cm³/mol. The van der Waals surface area contributed by atoms with Crippen LogP contribution in [0.1, 0.15) is 61.5 Å². The molecule has 1 aliphatic rings. The normalized spacial score (nSPS) is 15.3. The van der Waals surface area contributed by atoms with E-state index in [9.17, 15) is 9.90 Å². The molecule has 0 spiro atoms. The summed E-state index contributed by atoms with van der Waals surface area (Å²) in [5.41, 5.74) is 4.51. The van der Waals surface area contributed by atoms with Gasteiger partial charge in [-0.1, -0.05) is 47.5 Å². The number of hydrogen-bond acceptors (Lipinski definition) is 5. The van der Waals surface area contributed by atoms with Crippen molar-refractivity contribution in [3.05, 3.63) is 68.7 Å². The van der Waals surface area contributed by atoms with E-state index in [0.717, 1.165) is 35.3 Å². The minimum atomic E-state index is -0.469. The number of benzene rings is 2. The van der Waals surface area contributed by atoms with E-state index in [0.29, 0.717) is 42.6 Å². The van der Waals surface area contributed by atoms with Crippen molar-refractivity contribution < 1.29 is 19.4 Å². The molecule has 1 aliphatic heterocycles. The molecule has 0 amide bonds. The van der Waals surface area contributed by atoms with Crippen molar-refractivity contribution >= 4 is 29.2 Å². The van der Waals surface area contributed by atoms with Crippen LogP contribution in [0.15, 0.2) is 36.4 Å². The fraction of sp³-hybridized carbons (Fsp3) is 0.536. The van der Waals surface area contributed by atoms with Crippen LogP contribution in [0.25, 0.3) is 0 Å². The molecule has 0 radical (unpaired) electrons. The molecule has 1 fully saturated rings. The first kappa shape index (κ1) is 29.6. The second-order valence-corrected chi connectivity index (χ2v) is 9.82. The van der Waals surface area contributed by atoms with E-state index < -0.39 is 6.10 Å². The summed E-state index contributed by atoms with van der Waals surface area (Å²) in [5, 5.41) is 11.5. The van der Waals surface area contributed by atoms with E-state index in [1.165, 1.54) is 12.8 Å². The first-order valence-electron chi connectivity index (χ1n) is 12.4. The molecule has 0 aliphatic carbocycles. The maximum Gasteiger partial charge on any atom is 0.306 e. The van der Waals surface area contributed by atoms with E-state index >= 15 is 0 Å². The van der Waals surface area contributed by atoms with Gasteiger partial charge in [0, 0.05) is 13.0 Å². The molecule has 2 unspecified atom stereocenters. The van der Waals surface area contributed by atoms with Crippen molar-refractivity contribution in [3.8, 4) is 0 Å². The number of halogens is 2. The zero-order valence-corrected chi connectivity index (χ0v) is 22.9. The summed E-state index contributed by atoms with van der Waals surface area (Å²) in [6, 6.07) is 11.7. The summed E-state index contributed by atoms with van der Waals surface area (Å²) in [4.78, 5) is 14.0. The Morgan fingerprint density at radius 2 is 1.83 bits per heavy atom. The van der Waals surface area contributed by atoms with Gasteiger partial charge in [-0.05, 0) is 94.4 Å². The quantitative estimate of drug-likeness (QED) is 0.368. The van der Waals surface area contributed by atoms with Crippen molar-refractivity contribution in [3.63, 3.8) is 0 Å². The third-order valence-corrected chi connectivity index (χ3v) is 6.79. The average molecular weight is 525 g/mol. The Balaban J connectivity index is 0.000000402. The van der Waals surface area contributed by atoms with Crippen LogP contribution in [-0.4, -0.2) is 54.9 Å². The first-order valence-corrected chi connectivity index (χ1v) is 13.1. The molecule has 0 bridgehead atoms. The highest BCUT2D eigenvalue weighted by molar-refractivity contribution is 6.42. The van der Waals surface area contributed by atoms with Crippen LogP contribution in [0.4, 0.5) is 0 Å². The molecule has 2 aromatic carbocycles. The van der Waals surface area contributed by atoms with Crippen LogP contribution >= 0.6 is 23.2 Å². The second kappa shape index (κ2) is 15.5. The van der Waals surface area contributed by atoms with Crippen molar-refractivity contribution in [2.45, 2.75) is 65.6 Å². The number of nitrogens with zero attached hydrogens (tertiary/aromatic N) is 1. The van der Waals surface area contributed by atoms with E-state index in [4.69, 9.17) is 32.7 Å². The van der Waals surface area contributed by atoms with Crippen LogP contribution in [0.5, 0.6) is 0 Å². The summed E-state index contributed by atoms with van der Waals surface area (Å²) in [7, 11) is 0. The number of carbonyl (C=O) groups excluding carboxylic acids is 1. The van der Waals surface area contributed by atoms with Crippen molar-refractivity contribution in [2.75, 3.05) is 32.8 Å². The highest BCUT2D eigenvalue weighted by Crippen LogP contribution is 2.26. The smallest absolute Gasteiger partial charge is 0.306 e. The molecule has 0 saturated carbocycles. The van der Waals surface area contributed by atoms with Crippen molar-refractivity contribution in [2.24, 2.45) is 0 Å². The van der Waals surface area contributed by atoms with Gasteiger partial charge in [0.25, 0.3) is 0 Å². The Kier molecular flexibility index (Phi) is 13.1. The van der Waals surface area contributed by atoms with Gasteiger partial charge in [-0.2, -0.15) is 0 Å². The molecule has 5 nitrogen and oxygen atoms in total. The van der Waals surface area contributed by atoms with Gasteiger partial charge < -0.3 is 19.5 Å². The molecule has 1 heterocycles. The molecule has 2 atom stereocenters. The molecule has 2 aromatic rings. The number of carbonyl (C=O) groups is 1. The summed E-state index contributed by atoms with van der Waals surface area (Å²) in [6.07, 6.45) is 2.86. The van der Waals surface area contributed by atoms with Gasteiger partial charge in [0.2, 0.25) is 0 Å². The molecule has 7 heteroatoms. The Labute approximate surface area is 220 Å². The highest BCUT2D eigenvalue weighted by Gasteiger charge is 2.19. The molecule has 35 heavy (non-hydrogen) atoms. The molecule has 0 aromatic heterocycles. The van der Waals surface area contributed by atoms with Crippen LogP contribution < -0.4 is 0 Å². The Hall–Kier alpha value is -1.63. The number of ether oxygens (including phenoxy) is 2. The Bertz CT molecular complexity index is 931. The Morgan fingerprint density at radius 3 is 2.46 bits per heavy atom. The van der Waals surface area contributed by atoms with E-state index in [1.54, 1.807) is 6.07 Å². The lowest BCUT2D eigenvalue weighted by molar-refractivity contribution is -0.143. The van der Waals surface area contributed by atoms with E-state index in [-0.39, 0.29) is 12.1 Å². The van der Waals surface area contributed by atoms with Gasteiger partial charge in [-0.15, -0.1) is 0 Å². The second-order valence-electron chi connectivity index (χ2n) is 9.00. The lowest BCUT2D eigenvalue weighted by Crippen LogP contribution is -2.33. The summed E-state index contributed by atoms with van der Waals surface area (Å²) < 4.78 is 11.0. The molecular weight excluding hydrogens is 485 g/mol. The fourth-order valence-corrected chi connectivity index (χ4v) is 4.52. The lowest BCUT2D eigenvalue weighted by atomic mass is 9.95. The number of aliphatic hydroxyl groups excluding tert-OH is 1. The lowest BCUT2D eigenvalue weighted by Gasteiger charge is -2.23. The SMILES string of the molecule is CCOC(=O)CCc1c(C)cccc1C(C)OCC(O)CN1CCCC1.Cc1ccc(Cl)c(Cl)c1. The zero-order chi connectivity index (χ0) is 25.8. The number of hydrogen-bond donors (Lipinski definition) is 1. The summed E-state index contributed by atoms with van der Waals surface area (Å²) in [6.45, 7) is 11.4. The van der Waals surface area contributed by atoms with E-state index in [1.807, 2.05) is 45.0 Å². The van der Waals surface area contributed by atoms with Gasteiger partial charge in [-0.3, -0.25) is 4.79 Å². The number of aliphatic hydroxyl groups is 1. The van der Waals surface area contributed by atoms with Crippen LogP contribution in [0.3, 0.4) is 0 Å². The van der Waals surface area contributed by atoms with Crippen LogP contribution in [-0.2, 0) is 20.7 Å². The molecular formula is C28H39Cl2NO4. The maximum atomic E-state index is 11.7. The predicted octanol–water partition coefficient (Wildman–Crippen LogP) is 6.33. The van der Waals surface area contributed by atoms with Gasteiger partial charge >= 0.3 is 5.97 Å². The number of β-amino-alcohol motifs (C(OH)–C–C–N with tert-alkyl or cyclic N) is 1.